The summed E-state index contributed by atoms with van der Waals surface area (Å²) in [5, 5.41) is 2.09. The molecule has 2 atom stereocenters. The van der Waals surface area contributed by atoms with Gasteiger partial charge in [-0.3, -0.25) is 20.0 Å². The number of rotatable bonds is 8. The number of hydrogen-bond acceptors (Lipinski definition) is 6. The summed E-state index contributed by atoms with van der Waals surface area (Å²) in [6.07, 6.45) is 0. The van der Waals surface area contributed by atoms with E-state index in [0.29, 0.717) is 18.0 Å². The van der Waals surface area contributed by atoms with Crippen molar-refractivity contribution in [2.75, 3.05) is 18.0 Å². The summed E-state index contributed by atoms with van der Waals surface area (Å²) in [5.41, 5.74) is 7.30. The fourth-order valence-electron chi connectivity index (χ4n) is 3.58. The fraction of sp³-hybridized carbons (Fsp3) is 0.381. The third-order valence-corrected chi connectivity index (χ3v) is 7.61. The molecule has 1 saturated heterocycles. The third-order valence-electron chi connectivity index (χ3n) is 5.16. The number of carbonyl (C=O) groups is 1. The number of nitrogens with one attached hydrogen (secondary N) is 3. The summed E-state index contributed by atoms with van der Waals surface area (Å²) >= 11 is 0. The molecule has 2 aromatic carbocycles. The molecule has 1 aliphatic rings. The molecular formula is C21H28N4O4S. The van der Waals surface area contributed by atoms with Gasteiger partial charge >= 0.3 is 0 Å². The van der Waals surface area contributed by atoms with Crippen molar-refractivity contribution in [2.24, 2.45) is 0 Å². The van der Waals surface area contributed by atoms with Crippen LogP contribution in [0.5, 0.6) is 5.75 Å². The van der Waals surface area contributed by atoms with Gasteiger partial charge in [0.05, 0.1) is 12.8 Å². The van der Waals surface area contributed by atoms with Crippen LogP contribution in [-0.4, -0.2) is 45.3 Å². The van der Waals surface area contributed by atoms with Gasteiger partial charge in [-0.05, 0) is 43.7 Å². The molecule has 0 aromatic heterocycles. The molecule has 0 radical (unpaired) electrons. The number of hydrogen-bond donors (Lipinski definition) is 3. The van der Waals surface area contributed by atoms with Gasteiger partial charge in [0.15, 0.2) is 0 Å². The van der Waals surface area contributed by atoms with E-state index >= 15 is 0 Å². The largest absolute Gasteiger partial charge is 0.497 e. The van der Waals surface area contributed by atoms with Gasteiger partial charge in [0.2, 0.25) is 15.9 Å². The Labute approximate surface area is 177 Å². The van der Waals surface area contributed by atoms with E-state index in [1.165, 1.54) is 4.31 Å². The molecule has 2 unspecified atom stereocenters. The summed E-state index contributed by atoms with van der Waals surface area (Å²) in [5.74, 6) is 0.230. The van der Waals surface area contributed by atoms with E-state index in [1.807, 2.05) is 30.3 Å². The van der Waals surface area contributed by atoms with Crippen LogP contribution in [0.1, 0.15) is 19.4 Å². The molecule has 1 heterocycles. The Hall–Kier alpha value is -2.62. The summed E-state index contributed by atoms with van der Waals surface area (Å²) in [6, 6.07) is 15.5. The van der Waals surface area contributed by atoms with Crippen molar-refractivity contribution >= 4 is 21.6 Å². The molecule has 1 fully saturated rings. The maximum absolute atomic E-state index is 13.6. The van der Waals surface area contributed by atoms with Gasteiger partial charge in [0, 0.05) is 18.6 Å². The number of sulfonamides is 1. The highest BCUT2D eigenvalue weighted by Gasteiger charge is 2.44. The smallest absolute Gasteiger partial charge is 0.241 e. The van der Waals surface area contributed by atoms with Crippen LogP contribution in [0.4, 0.5) is 5.69 Å². The first-order valence-corrected chi connectivity index (χ1v) is 11.3. The van der Waals surface area contributed by atoms with Crippen molar-refractivity contribution in [1.29, 1.82) is 0 Å². The minimum atomic E-state index is -3.84. The molecule has 9 heteroatoms. The van der Waals surface area contributed by atoms with E-state index in [0.717, 1.165) is 5.56 Å². The number of amides is 1. The Balaban J connectivity index is 1.84. The molecular weight excluding hydrogens is 404 g/mol. The molecule has 2 aromatic rings. The Morgan fingerprint density at radius 2 is 1.63 bits per heavy atom. The second kappa shape index (κ2) is 9.46. The zero-order valence-electron chi connectivity index (χ0n) is 17.3. The van der Waals surface area contributed by atoms with Gasteiger partial charge in [0.1, 0.15) is 17.5 Å². The van der Waals surface area contributed by atoms with E-state index < -0.39 is 15.3 Å². The lowest BCUT2D eigenvalue weighted by molar-refractivity contribution is -0.119. The lowest BCUT2D eigenvalue weighted by Crippen LogP contribution is -2.50. The molecule has 1 amide bonds. The Morgan fingerprint density at radius 1 is 1.03 bits per heavy atom. The third kappa shape index (κ3) is 4.92. The number of nitrogens with zero attached hydrogens (tertiary/aromatic N) is 1. The minimum Gasteiger partial charge on any atom is -0.497 e. The number of methoxy groups -OCH3 is 1. The van der Waals surface area contributed by atoms with Crippen molar-refractivity contribution in [3.05, 3.63) is 60.2 Å². The highest BCUT2D eigenvalue weighted by atomic mass is 32.2. The molecule has 162 valence electrons. The van der Waals surface area contributed by atoms with Crippen LogP contribution >= 0.6 is 0 Å². The highest BCUT2D eigenvalue weighted by Crippen LogP contribution is 2.27. The predicted octanol–water partition coefficient (Wildman–Crippen LogP) is 1.40. The van der Waals surface area contributed by atoms with Crippen LogP contribution in [0.25, 0.3) is 0 Å². The van der Waals surface area contributed by atoms with E-state index in [9.17, 15) is 13.2 Å². The number of ether oxygens (including phenoxy) is 1. The predicted molar refractivity (Wildman–Crippen MR) is 117 cm³/mol. The molecule has 30 heavy (non-hydrogen) atoms. The van der Waals surface area contributed by atoms with Crippen molar-refractivity contribution in [2.45, 2.75) is 37.7 Å². The summed E-state index contributed by atoms with van der Waals surface area (Å²) < 4.78 is 33.5. The van der Waals surface area contributed by atoms with Gasteiger partial charge in [-0.15, -0.1) is 0 Å². The van der Waals surface area contributed by atoms with Gasteiger partial charge < -0.3 is 10.1 Å². The summed E-state index contributed by atoms with van der Waals surface area (Å²) in [4.78, 5) is 12.7. The Bertz CT molecular complexity index is 941. The number of carbonyl (C=O) groups excluding carboxylic acids is 1. The lowest BCUT2D eigenvalue weighted by atomic mass is 10.2. The number of benzene rings is 2. The van der Waals surface area contributed by atoms with E-state index in [-0.39, 0.29) is 24.5 Å². The molecule has 8 nitrogen and oxygen atoms in total. The summed E-state index contributed by atoms with van der Waals surface area (Å²) in [7, 11) is -2.30. The van der Waals surface area contributed by atoms with E-state index in [2.05, 4.69) is 16.2 Å². The number of hydrazine groups is 1. The SMILES string of the molecule is COc1ccc(N(CC(=O)NCc2ccccc2)S(=O)(=O)C2C(C)NNC2C)cc1. The lowest BCUT2D eigenvalue weighted by Gasteiger charge is -2.30. The molecule has 0 bridgehead atoms. The second-order valence-corrected chi connectivity index (χ2v) is 9.36. The molecule has 3 N–H and O–H groups in total. The normalized spacial score (nSPS) is 21.2. The van der Waals surface area contributed by atoms with Crippen LogP contribution < -0.4 is 25.2 Å². The monoisotopic (exact) mass is 432 g/mol. The van der Waals surface area contributed by atoms with Crippen molar-refractivity contribution < 1.29 is 17.9 Å². The maximum Gasteiger partial charge on any atom is 0.241 e. The fourth-order valence-corrected chi connectivity index (χ4v) is 5.76. The van der Waals surface area contributed by atoms with Crippen molar-refractivity contribution in [1.82, 2.24) is 16.2 Å². The molecule has 0 spiro atoms. The van der Waals surface area contributed by atoms with E-state index in [4.69, 9.17) is 4.74 Å². The second-order valence-electron chi connectivity index (χ2n) is 7.34. The zero-order chi connectivity index (χ0) is 21.7. The molecule has 1 aliphatic heterocycles. The van der Waals surface area contributed by atoms with Crippen LogP contribution in [0.15, 0.2) is 54.6 Å². The number of anilines is 1. The molecule has 0 saturated carbocycles. The highest BCUT2D eigenvalue weighted by molar-refractivity contribution is 7.93. The quantitative estimate of drug-likeness (QED) is 0.583. The zero-order valence-corrected chi connectivity index (χ0v) is 18.1. The van der Waals surface area contributed by atoms with Crippen LogP contribution in [0.3, 0.4) is 0 Å². The first-order chi connectivity index (χ1) is 14.3. The maximum atomic E-state index is 13.6. The van der Waals surface area contributed by atoms with Crippen LogP contribution in [-0.2, 0) is 21.4 Å². The standard InChI is InChI=1S/C21H28N4O4S/c1-15-21(16(2)24-23-15)30(27,28)25(18-9-11-19(29-3)12-10-18)14-20(26)22-13-17-7-5-4-6-8-17/h4-12,15-16,21,23-24H,13-14H2,1-3H3,(H,22,26). The molecule has 0 aliphatic carbocycles. The van der Waals surface area contributed by atoms with Crippen LogP contribution in [0.2, 0.25) is 0 Å². The van der Waals surface area contributed by atoms with Crippen molar-refractivity contribution in [3.8, 4) is 5.75 Å². The van der Waals surface area contributed by atoms with Gasteiger partial charge in [-0.2, -0.15) is 0 Å². The summed E-state index contributed by atoms with van der Waals surface area (Å²) in [6.45, 7) is 3.63. The van der Waals surface area contributed by atoms with Gasteiger partial charge in [-0.1, -0.05) is 30.3 Å². The van der Waals surface area contributed by atoms with Gasteiger partial charge in [0.25, 0.3) is 0 Å². The van der Waals surface area contributed by atoms with Gasteiger partial charge in [-0.25, -0.2) is 8.42 Å². The Kier molecular flexibility index (Phi) is 6.96. The first kappa shape index (κ1) is 22.1. The minimum absolute atomic E-state index is 0.307. The average molecular weight is 433 g/mol. The van der Waals surface area contributed by atoms with E-state index in [1.54, 1.807) is 45.2 Å². The first-order valence-electron chi connectivity index (χ1n) is 9.80. The average Bonchev–Trinajstić information content (AvgIpc) is 3.10. The topological polar surface area (TPSA) is 99.8 Å². The van der Waals surface area contributed by atoms with Crippen molar-refractivity contribution in [3.63, 3.8) is 0 Å². The molecule has 3 rings (SSSR count). The Morgan fingerprint density at radius 3 is 2.20 bits per heavy atom. The van der Waals surface area contributed by atoms with Crippen LogP contribution in [0, 0.1) is 0 Å².